The van der Waals surface area contributed by atoms with E-state index in [-0.39, 0.29) is 51.0 Å². The molecule has 4 aliphatic rings. The molecule has 0 aliphatic heterocycles. The Balaban J connectivity index is 1.78. The fourth-order valence-electron chi connectivity index (χ4n) is 9.95. The Morgan fingerprint density at radius 3 is 2.19 bits per heavy atom. The molecule has 4 nitrogen and oxygen atoms in total. The van der Waals surface area contributed by atoms with Gasteiger partial charge in [-0.25, -0.2) is 0 Å². The van der Waals surface area contributed by atoms with Crippen molar-refractivity contribution in [2.45, 2.75) is 98.8 Å². The summed E-state index contributed by atoms with van der Waals surface area (Å²) in [5, 5.41) is 19.6. The van der Waals surface area contributed by atoms with Gasteiger partial charge in [0.1, 0.15) is 11.6 Å². The third-order valence-electron chi connectivity index (χ3n) is 11.7. The maximum Gasteiger partial charge on any atom is 0.133 e. The third kappa shape index (κ3) is 2.90. The van der Waals surface area contributed by atoms with E-state index in [1.54, 1.807) is 13.8 Å². The molecule has 4 fully saturated rings. The van der Waals surface area contributed by atoms with Crippen LogP contribution < -0.4 is 0 Å². The zero-order valence-corrected chi connectivity index (χ0v) is 20.7. The molecule has 0 bridgehead atoms. The first-order valence-corrected chi connectivity index (χ1v) is 12.8. The van der Waals surface area contributed by atoms with E-state index in [0.717, 1.165) is 57.8 Å². The summed E-state index contributed by atoms with van der Waals surface area (Å²) in [4.78, 5) is 25.4. The summed E-state index contributed by atoms with van der Waals surface area (Å²) in [7, 11) is 0. The normalized spacial score (nSPS) is 49.7. The summed E-state index contributed by atoms with van der Waals surface area (Å²) in [6.45, 7) is 10.7. The van der Waals surface area contributed by atoms with Gasteiger partial charge in [0, 0.05) is 18.3 Å². The van der Waals surface area contributed by atoms with Gasteiger partial charge in [0.05, 0.1) is 17.6 Å². The van der Waals surface area contributed by atoms with Crippen molar-refractivity contribution < 1.29 is 9.59 Å². The van der Waals surface area contributed by atoms with Crippen LogP contribution >= 0.6 is 0 Å². The first kappa shape index (κ1) is 23.5. The number of nitrogens with zero attached hydrogens (tertiary/aromatic N) is 2. The topological polar surface area (TPSA) is 81.7 Å². The lowest BCUT2D eigenvalue weighted by atomic mass is 9.34. The first-order chi connectivity index (χ1) is 15.0. The Bertz CT molecular complexity index is 898. The van der Waals surface area contributed by atoms with Crippen LogP contribution in [0.2, 0.25) is 0 Å². The molecule has 0 N–H and O–H groups in total. The van der Waals surface area contributed by atoms with E-state index in [4.69, 9.17) is 0 Å². The van der Waals surface area contributed by atoms with E-state index in [0.29, 0.717) is 18.3 Å². The molecular formula is C28H40N2O2. The van der Waals surface area contributed by atoms with Gasteiger partial charge in [0.15, 0.2) is 0 Å². The molecule has 9 atom stereocenters. The minimum Gasteiger partial charge on any atom is -0.300 e. The molecule has 4 rings (SSSR count). The van der Waals surface area contributed by atoms with Crippen molar-refractivity contribution in [1.82, 2.24) is 0 Å². The second-order valence-corrected chi connectivity index (χ2v) is 12.5. The van der Waals surface area contributed by atoms with Gasteiger partial charge in [-0.05, 0) is 106 Å². The van der Waals surface area contributed by atoms with Gasteiger partial charge in [-0.2, -0.15) is 10.5 Å². The largest absolute Gasteiger partial charge is 0.300 e. The van der Waals surface area contributed by atoms with E-state index in [2.05, 4.69) is 32.9 Å². The molecule has 0 heterocycles. The van der Waals surface area contributed by atoms with Crippen molar-refractivity contribution in [3.05, 3.63) is 0 Å². The Morgan fingerprint density at radius 1 is 0.875 bits per heavy atom. The highest BCUT2D eigenvalue weighted by Crippen LogP contribution is 2.75. The molecule has 4 heteroatoms. The molecular weight excluding hydrogens is 396 g/mol. The summed E-state index contributed by atoms with van der Waals surface area (Å²) < 4.78 is 0. The SMILES string of the molecule is CC(=O)[C@@H]1CC[C@]2(C#N)CC[C@]3(C)[C@H](CC[C@@H]4[C@@](C)(CCC#N)[C@H](C(C)=O)CC[C@]43C)[C@@H]12. The van der Waals surface area contributed by atoms with Gasteiger partial charge >= 0.3 is 0 Å². The Labute approximate surface area is 194 Å². The lowest BCUT2D eigenvalue weighted by molar-refractivity contribution is -0.213. The highest BCUT2D eigenvalue weighted by Gasteiger charge is 2.70. The van der Waals surface area contributed by atoms with Crippen LogP contribution in [0, 0.1) is 73.9 Å². The molecule has 0 unspecified atom stereocenters. The minimum atomic E-state index is -0.329. The zero-order valence-electron chi connectivity index (χ0n) is 20.7. The van der Waals surface area contributed by atoms with Gasteiger partial charge < -0.3 is 0 Å². The maximum atomic E-state index is 12.7. The standard InChI is InChI=1S/C28H40N2O2/c1-18(31)20-9-13-28(17-30)15-14-26(4)22(24(20)28)7-8-23-25(3,11-6-16-29)21(19(2)32)10-12-27(23,26)5/h20-24H,6-15H2,1-5H3/t20-,21-,22+,23+,24+,25-,26+,27+,28+/m0/s1. The number of Topliss-reactive ketones (excluding diaryl/α,β-unsaturated/α-hetero) is 2. The minimum absolute atomic E-state index is 0.0259. The van der Waals surface area contributed by atoms with Crippen molar-refractivity contribution >= 4 is 11.6 Å². The highest BCUT2D eigenvalue weighted by atomic mass is 16.1. The molecule has 32 heavy (non-hydrogen) atoms. The Hall–Kier alpha value is -1.68. The number of hydrogen-bond acceptors (Lipinski definition) is 4. The van der Waals surface area contributed by atoms with Crippen molar-refractivity contribution in [3.63, 3.8) is 0 Å². The van der Waals surface area contributed by atoms with Crippen LogP contribution in [0.1, 0.15) is 98.8 Å². The molecule has 174 valence electrons. The number of hydrogen-bond donors (Lipinski definition) is 0. The molecule has 0 radical (unpaired) electrons. The first-order valence-electron chi connectivity index (χ1n) is 12.8. The van der Waals surface area contributed by atoms with Gasteiger partial charge in [-0.3, -0.25) is 9.59 Å². The van der Waals surface area contributed by atoms with E-state index < -0.39 is 0 Å². The molecule has 0 aromatic carbocycles. The lowest BCUT2D eigenvalue weighted by Gasteiger charge is -2.70. The van der Waals surface area contributed by atoms with Gasteiger partial charge in [0.25, 0.3) is 0 Å². The summed E-state index contributed by atoms with van der Waals surface area (Å²) in [5.41, 5.74) is -0.349. The van der Waals surface area contributed by atoms with Crippen molar-refractivity contribution in [2.24, 2.45) is 51.2 Å². The molecule has 0 spiro atoms. The molecule has 0 aromatic heterocycles. The number of nitriles is 2. The van der Waals surface area contributed by atoms with Crippen LogP contribution in [0.4, 0.5) is 0 Å². The summed E-state index contributed by atoms with van der Waals surface area (Å²) in [6.07, 6.45) is 8.99. The van der Waals surface area contributed by atoms with Crippen molar-refractivity contribution in [2.75, 3.05) is 0 Å². The molecule has 0 amide bonds. The predicted molar refractivity (Wildman–Crippen MR) is 123 cm³/mol. The van der Waals surface area contributed by atoms with Crippen LogP contribution in [0.3, 0.4) is 0 Å². The average molecular weight is 437 g/mol. The van der Waals surface area contributed by atoms with Crippen molar-refractivity contribution in [3.8, 4) is 12.1 Å². The van der Waals surface area contributed by atoms with Gasteiger partial charge in [0.2, 0.25) is 0 Å². The highest BCUT2D eigenvalue weighted by molar-refractivity contribution is 5.80. The molecule has 4 aliphatic carbocycles. The van der Waals surface area contributed by atoms with E-state index >= 15 is 0 Å². The van der Waals surface area contributed by atoms with Crippen molar-refractivity contribution in [1.29, 1.82) is 10.5 Å². The van der Waals surface area contributed by atoms with Crippen LogP contribution in [0.15, 0.2) is 0 Å². The molecule has 4 saturated carbocycles. The predicted octanol–water partition coefficient (Wildman–Crippen LogP) is 6.25. The van der Waals surface area contributed by atoms with Crippen LogP contribution in [-0.2, 0) is 9.59 Å². The van der Waals surface area contributed by atoms with E-state index in [1.807, 2.05) is 0 Å². The molecule has 0 aromatic rings. The maximum absolute atomic E-state index is 12.7. The average Bonchev–Trinajstić information content (AvgIpc) is 3.13. The Morgan fingerprint density at radius 2 is 1.59 bits per heavy atom. The van der Waals surface area contributed by atoms with Gasteiger partial charge in [-0.1, -0.05) is 20.8 Å². The fourth-order valence-corrected chi connectivity index (χ4v) is 9.95. The number of rotatable bonds is 4. The lowest BCUT2D eigenvalue weighted by Crippen LogP contribution is -2.64. The number of fused-ring (bicyclic) bond motifs is 5. The van der Waals surface area contributed by atoms with Crippen LogP contribution in [-0.4, -0.2) is 11.6 Å². The monoisotopic (exact) mass is 436 g/mol. The quantitative estimate of drug-likeness (QED) is 0.521. The smallest absolute Gasteiger partial charge is 0.133 e. The second kappa shape index (κ2) is 7.68. The summed E-state index contributed by atoms with van der Waals surface area (Å²) in [5.74, 6) is 1.58. The van der Waals surface area contributed by atoms with E-state index in [1.165, 1.54) is 0 Å². The fraction of sp³-hybridized carbons (Fsp3) is 0.857. The number of carbonyl (C=O) groups is 2. The van der Waals surface area contributed by atoms with Crippen LogP contribution in [0.25, 0.3) is 0 Å². The van der Waals surface area contributed by atoms with E-state index in [9.17, 15) is 20.1 Å². The number of carbonyl (C=O) groups excluding carboxylic acids is 2. The summed E-state index contributed by atoms with van der Waals surface area (Å²) >= 11 is 0. The Kier molecular flexibility index (Phi) is 5.64. The van der Waals surface area contributed by atoms with Crippen LogP contribution in [0.5, 0.6) is 0 Å². The summed E-state index contributed by atoms with van der Waals surface area (Å²) in [6, 6.07) is 5.08. The number of ketones is 2. The van der Waals surface area contributed by atoms with Gasteiger partial charge in [-0.15, -0.1) is 0 Å². The zero-order chi connectivity index (χ0) is 23.5. The molecule has 0 saturated heterocycles. The third-order valence-corrected chi connectivity index (χ3v) is 11.7. The second-order valence-electron chi connectivity index (χ2n) is 12.5.